The highest BCUT2D eigenvalue weighted by molar-refractivity contribution is 7.13. The van der Waals surface area contributed by atoms with Gasteiger partial charge in [0, 0.05) is 17.2 Å². The number of carbonyl (C=O) groups is 1. The van der Waals surface area contributed by atoms with E-state index in [1.807, 2.05) is 11.5 Å². The summed E-state index contributed by atoms with van der Waals surface area (Å²) in [5, 5.41) is 14.3. The summed E-state index contributed by atoms with van der Waals surface area (Å²) < 4.78 is 0. The summed E-state index contributed by atoms with van der Waals surface area (Å²) in [6, 6.07) is 0. The highest BCUT2D eigenvalue weighted by atomic mass is 32.1. The quantitative estimate of drug-likeness (QED) is 0.748. The van der Waals surface area contributed by atoms with Gasteiger partial charge in [0.1, 0.15) is 5.60 Å². The van der Waals surface area contributed by atoms with Crippen LogP contribution in [-0.2, 0) is 10.4 Å². The predicted molar refractivity (Wildman–Crippen MR) is 107 cm³/mol. The normalized spacial score (nSPS) is 46.4. The molecule has 0 unspecified atom stereocenters. The third kappa shape index (κ3) is 2.24. The smallest absolute Gasteiger partial charge is 0.180 e. The van der Waals surface area contributed by atoms with Crippen molar-refractivity contribution in [2.24, 2.45) is 28.6 Å². The van der Waals surface area contributed by atoms with Crippen molar-refractivity contribution >= 4 is 22.3 Å². The van der Waals surface area contributed by atoms with Crippen LogP contribution in [0.3, 0.4) is 0 Å². The highest BCUT2D eigenvalue weighted by Gasteiger charge is 2.65. The number of aromatic nitrogens is 1. The second-order valence-electron chi connectivity index (χ2n) is 9.89. The minimum atomic E-state index is -0.851. The monoisotopic (exact) mass is 386 g/mol. The molecule has 1 heterocycles. The number of nitrogen functional groups attached to an aromatic ring is 1. The Morgan fingerprint density at radius 2 is 1.93 bits per heavy atom. The fourth-order valence-electron chi connectivity index (χ4n) is 7.47. The van der Waals surface area contributed by atoms with Gasteiger partial charge in [-0.15, -0.1) is 11.3 Å². The van der Waals surface area contributed by atoms with Gasteiger partial charge in [-0.05, 0) is 74.2 Å². The van der Waals surface area contributed by atoms with Crippen LogP contribution in [0, 0.1) is 28.6 Å². The van der Waals surface area contributed by atoms with E-state index in [-0.39, 0.29) is 10.8 Å². The van der Waals surface area contributed by atoms with Crippen molar-refractivity contribution in [3.05, 3.63) is 22.7 Å². The zero-order valence-electron chi connectivity index (χ0n) is 16.3. The molecule has 0 aliphatic heterocycles. The summed E-state index contributed by atoms with van der Waals surface area (Å²) >= 11 is 1.43. The SMILES string of the molecule is C[C@]12CCC(=O)C=C1CC[C@@H]1[C@@H]2CC[C@@]2(C)[C@H]1CC[C@]2(O)c1csc(N)n1. The van der Waals surface area contributed by atoms with Gasteiger partial charge in [-0.2, -0.15) is 0 Å². The average Bonchev–Trinajstić information content (AvgIpc) is 3.18. The van der Waals surface area contributed by atoms with E-state index in [9.17, 15) is 9.90 Å². The number of ketones is 1. The van der Waals surface area contributed by atoms with Crippen LogP contribution in [-0.4, -0.2) is 15.9 Å². The number of rotatable bonds is 1. The van der Waals surface area contributed by atoms with Crippen LogP contribution in [0.1, 0.15) is 70.9 Å². The zero-order valence-corrected chi connectivity index (χ0v) is 17.1. The van der Waals surface area contributed by atoms with Gasteiger partial charge < -0.3 is 10.8 Å². The maximum absolute atomic E-state index is 12.0. The number of fused-ring (bicyclic) bond motifs is 5. The third-order valence-electron chi connectivity index (χ3n) is 9.06. The first kappa shape index (κ1) is 17.9. The standard InChI is InChI=1S/C22H30N2O2S/c1-20-8-5-14(25)11-13(20)3-4-15-16(20)6-9-21(2)17(15)7-10-22(21,26)18-12-27-19(23)24-18/h11-12,15-17,26H,3-10H2,1-2H3,(H2,23,24)/t15-,16+,17+,20+,21+,22+/m1/s1. The third-order valence-corrected chi connectivity index (χ3v) is 9.73. The van der Waals surface area contributed by atoms with Gasteiger partial charge in [-0.1, -0.05) is 19.4 Å². The molecule has 6 atom stereocenters. The van der Waals surface area contributed by atoms with E-state index >= 15 is 0 Å². The van der Waals surface area contributed by atoms with Crippen LogP contribution in [0.15, 0.2) is 17.0 Å². The van der Waals surface area contributed by atoms with Gasteiger partial charge in [0.05, 0.1) is 5.69 Å². The molecule has 5 heteroatoms. The molecule has 1 aromatic rings. The Morgan fingerprint density at radius 3 is 2.67 bits per heavy atom. The van der Waals surface area contributed by atoms with Crippen molar-refractivity contribution < 1.29 is 9.90 Å². The van der Waals surface area contributed by atoms with Gasteiger partial charge in [0.25, 0.3) is 0 Å². The fraction of sp³-hybridized carbons (Fsp3) is 0.727. The van der Waals surface area contributed by atoms with Crippen molar-refractivity contribution in [2.75, 3.05) is 5.73 Å². The molecular weight excluding hydrogens is 356 g/mol. The number of allylic oxidation sites excluding steroid dienone is 1. The van der Waals surface area contributed by atoms with Gasteiger partial charge in [0.2, 0.25) is 0 Å². The Morgan fingerprint density at radius 1 is 1.15 bits per heavy atom. The molecule has 0 spiro atoms. The lowest BCUT2D eigenvalue weighted by atomic mass is 9.46. The first-order valence-corrected chi connectivity index (χ1v) is 11.3. The molecule has 3 saturated carbocycles. The Kier molecular flexibility index (Phi) is 3.75. The Labute approximate surface area is 165 Å². The average molecular weight is 387 g/mol. The topological polar surface area (TPSA) is 76.2 Å². The molecule has 5 rings (SSSR count). The van der Waals surface area contributed by atoms with E-state index in [0.29, 0.717) is 35.1 Å². The molecule has 0 saturated heterocycles. The Hall–Kier alpha value is -1.20. The number of thiazole rings is 1. The van der Waals surface area contributed by atoms with Crippen LogP contribution in [0.25, 0.3) is 0 Å². The second-order valence-corrected chi connectivity index (χ2v) is 10.8. The molecule has 146 valence electrons. The summed E-state index contributed by atoms with van der Waals surface area (Å²) in [6.07, 6.45) is 9.93. The number of carbonyl (C=O) groups excluding carboxylic acids is 1. The molecule has 3 fully saturated rings. The summed E-state index contributed by atoms with van der Waals surface area (Å²) in [5.41, 5.74) is 7.29. The van der Waals surface area contributed by atoms with Crippen molar-refractivity contribution in [1.82, 2.24) is 4.98 Å². The predicted octanol–water partition coefficient (Wildman–Crippen LogP) is 4.44. The van der Waals surface area contributed by atoms with E-state index in [2.05, 4.69) is 18.8 Å². The van der Waals surface area contributed by atoms with E-state index in [1.54, 1.807) is 0 Å². The first-order chi connectivity index (χ1) is 12.8. The molecule has 0 aromatic carbocycles. The molecule has 27 heavy (non-hydrogen) atoms. The van der Waals surface area contributed by atoms with E-state index in [4.69, 9.17) is 5.73 Å². The summed E-state index contributed by atoms with van der Waals surface area (Å²) in [4.78, 5) is 16.5. The molecular formula is C22H30N2O2S. The molecule has 4 nitrogen and oxygen atoms in total. The largest absolute Gasteiger partial charge is 0.383 e. The van der Waals surface area contributed by atoms with Crippen LogP contribution in [0.2, 0.25) is 0 Å². The van der Waals surface area contributed by atoms with Crippen LogP contribution in [0.5, 0.6) is 0 Å². The number of hydrogen-bond donors (Lipinski definition) is 2. The molecule has 0 bridgehead atoms. The first-order valence-electron chi connectivity index (χ1n) is 10.5. The van der Waals surface area contributed by atoms with Crippen LogP contribution >= 0.6 is 11.3 Å². The maximum atomic E-state index is 12.0. The number of hydrogen-bond acceptors (Lipinski definition) is 5. The van der Waals surface area contributed by atoms with Crippen LogP contribution in [0.4, 0.5) is 5.13 Å². The van der Waals surface area contributed by atoms with Crippen molar-refractivity contribution in [2.45, 2.75) is 70.8 Å². The van der Waals surface area contributed by atoms with Crippen LogP contribution < -0.4 is 5.73 Å². The van der Waals surface area contributed by atoms with Crippen molar-refractivity contribution in [3.8, 4) is 0 Å². The lowest BCUT2D eigenvalue weighted by molar-refractivity contribution is -0.135. The minimum Gasteiger partial charge on any atom is -0.383 e. The summed E-state index contributed by atoms with van der Waals surface area (Å²) in [7, 11) is 0. The van der Waals surface area contributed by atoms with Crippen molar-refractivity contribution in [3.63, 3.8) is 0 Å². The van der Waals surface area contributed by atoms with Gasteiger partial charge in [-0.25, -0.2) is 4.98 Å². The molecule has 4 aliphatic rings. The number of nitrogens with zero attached hydrogens (tertiary/aromatic N) is 1. The molecule has 4 aliphatic carbocycles. The molecule has 3 N–H and O–H groups in total. The fourth-order valence-corrected chi connectivity index (χ4v) is 8.10. The number of nitrogens with two attached hydrogens (primary N) is 1. The molecule has 1 aromatic heterocycles. The minimum absolute atomic E-state index is 0.128. The lowest BCUT2D eigenvalue weighted by Crippen LogP contribution is -2.53. The highest BCUT2D eigenvalue weighted by Crippen LogP contribution is 2.69. The van der Waals surface area contributed by atoms with E-state index in [0.717, 1.165) is 50.6 Å². The molecule has 0 amide bonds. The maximum Gasteiger partial charge on any atom is 0.180 e. The summed E-state index contributed by atoms with van der Waals surface area (Å²) in [6.45, 7) is 4.71. The lowest BCUT2D eigenvalue weighted by Gasteiger charge is -2.59. The van der Waals surface area contributed by atoms with E-state index < -0.39 is 5.60 Å². The Balaban J connectivity index is 1.51. The van der Waals surface area contributed by atoms with Gasteiger partial charge >= 0.3 is 0 Å². The van der Waals surface area contributed by atoms with Gasteiger partial charge in [-0.3, -0.25) is 4.79 Å². The van der Waals surface area contributed by atoms with Gasteiger partial charge in [0.15, 0.2) is 10.9 Å². The number of aliphatic hydroxyl groups is 1. The zero-order chi connectivity index (χ0) is 19.0. The number of anilines is 1. The van der Waals surface area contributed by atoms with E-state index in [1.165, 1.54) is 16.9 Å². The summed E-state index contributed by atoms with van der Waals surface area (Å²) in [5.74, 6) is 2.13. The second kappa shape index (κ2) is 5.66. The molecule has 0 radical (unpaired) electrons. The van der Waals surface area contributed by atoms with Crippen molar-refractivity contribution in [1.29, 1.82) is 0 Å². The Bertz CT molecular complexity index is 832.